The molecule has 14 heavy (non-hydrogen) atoms. The van der Waals surface area contributed by atoms with E-state index in [4.69, 9.17) is 0 Å². The summed E-state index contributed by atoms with van der Waals surface area (Å²) in [6.07, 6.45) is 5.49. The summed E-state index contributed by atoms with van der Waals surface area (Å²) in [6, 6.07) is 0. The molecule has 0 bridgehead atoms. The van der Waals surface area contributed by atoms with Crippen LogP contribution in [0.5, 0.6) is 0 Å². The molecule has 2 atom stereocenters. The Morgan fingerprint density at radius 3 is 3.07 bits per heavy atom. The van der Waals surface area contributed by atoms with Gasteiger partial charge in [0, 0.05) is 12.5 Å². The summed E-state index contributed by atoms with van der Waals surface area (Å²) in [5.74, 6) is 1.18. The molecule has 4 nitrogen and oxygen atoms in total. The van der Waals surface area contributed by atoms with E-state index in [2.05, 4.69) is 17.0 Å². The largest absolute Gasteiger partial charge is 0.392 e. The third kappa shape index (κ3) is 1.66. The molecule has 1 aromatic heterocycles. The van der Waals surface area contributed by atoms with E-state index in [0.717, 1.165) is 38.1 Å². The molecular formula is C10H17N3O. The van der Waals surface area contributed by atoms with E-state index in [1.165, 1.54) is 0 Å². The molecule has 1 aliphatic carbocycles. The van der Waals surface area contributed by atoms with Gasteiger partial charge in [0.25, 0.3) is 0 Å². The third-order valence-electron chi connectivity index (χ3n) is 2.89. The summed E-state index contributed by atoms with van der Waals surface area (Å²) >= 11 is 0. The lowest BCUT2D eigenvalue weighted by atomic mass is 10.1. The summed E-state index contributed by atoms with van der Waals surface area (Å²) in [7, 11) is 0. The molecule has 0 aromatic carbocycles. The highest BCUT2D eigenvalue weighted by atomic mass is 16.3. The van der Waals surface area contributed by atoms with Crippen molar-refractivity contribution >= 4 is 0 Å². The zero-order chi connectivity index (χ0) is 9.97. The van der Waals surface area contributed by atoms with Gasteiger partial charge in [-0.15, -0.1) is 0 Å². The van der Waals surface area contributed by atoms with Gasteiger partial charge in [0.1, 0.15) is 12.2 Å². The Morgan fingerprint density at radius 2 is 2.43 bits per heavy atom. The first-order valence-electron chi connectivity index (χ1n) is 5.38. The highest BCUT2D eigenvalue weighted by Crippen LogP contribution is 2.33. The van der Waals surface area contributed by atoms with E-state index < -0.39 is 0 Å². The van der Waals surface area contributed by atoms with Crippen molar-refractivity contribution in [2.24, 2.45) is 0 Å². The summed E-state index contributed by atoms with van der Waals surface area (Å²) in [5.41, 5.74) is 0. The van der Waals surface area contributed by atoms with Crippen molar-refractivity contribution in [2.75, 3.05) is 0 Å². The number of aliphatic hydroxyl groups is 1. The van der Waals surface area contributed by atoms with E-state index in [-0.39, 0.29) is 12.0 Å². The van der Waals surface area contributed by atoms with E-state index >= 15 is 0 Å². The first-order valence-corrected chi connectivity index (χ1v) is 5.38. The predicted molar refractivity (Wildman–Crippen MR) is 52.9 cm³/mol. The zero-order valence-electron chi connectivity index (χ0n) is 8.56. The highest BCUT2D eigenvalue weighted by molar-refractivity contribution is 5.02. The molecule has 1 heterocycles. The van der Waals surface area contributed by atoms with Crippen molar-refractivity contribution in [2.45, 2.75) is 51.2 Å². The summed E-state index contributed by atoms with van der Waals surface area (Å²) < 4.78 is 1.93. The third-order valence-corrected chi connectivity index (χ3v) is 2.89. The Balaban J connectivity index is 2.17. The van der Waals surface area contributed by atoms with Crippen LogP contribution in [0.25, 0.3) is 0 Å². The lowest BCUT2D eigenvalue weighted by Crippen LogP contribution is -2.17. The Labute approximate surface area is 84.0 Å². The Bertz CT molecular complexity index is 297. The predicted octanol–water partition coefficient (Wildman–Crippen LogP) is 1.32. The molecule has 0 amide bonds. The number of nitrogens with zero attached hydrogens (tertiary/aromatic N) is 3. The van der Waals surface area contributed by atoms with Crippen molar-refractivity contribution in [1.29, 1.82) is 0 Å². The molecule has 1 N–H and O–H groups in total. The number of aromatic nitrogens is 3. The van der Waals surface area contributed by atoms with Crippen LogP contribution in [0.3, 0.4) is 0 Å². The first-order chi connectivity index (χ1) is 6.83. The minimum absolute atomic E-state index is 0.212. The van der Waals surface area contributed by atoms with Crippen LogP contribution in [0.2, 0.25) is 0 Å². The van der Waals surface area contributed by atoms with Crippen LogP contribution in [-0.2, 0) is 6.54 Å². The van der Waals surface area contributed by atoms with Gasteiger partial charge in [-0.3, -0.25) is 0 Å². The monoisotopic (exact) mass is 195 g/mol. The Kier molecular flexibility index (Phi) is 2.82. The maximum absolute atomic E-state index is 9.77. The number of aryl methyl sites for hydroxylation is 1. The molecule has 1 saturated carbocycles. The topological polar surface area (TPSA) is 50.9 Å². The maximum atomic E-state index is 9.77. The van der Waals surface area contributed by atoms with Crippen LogP contribution in [0.4, 0.5) is 0 Å². The molecule has 2 unspecified atom stereocenters. The second kappa shape index (κ2) is 4.09. The quantitative estimate of drug-likeness (QED) is 0.791. The first kappa shape index (κ1) is 9.65. The number of rotatable bonds is 3. The molecule has 1 aliphatic rings. The Morgan fingerprint density at radius 1 is 1.57 bits per heavy atom. The number of aliphatic hydroxyl groups excluding tert-OH is 1. The van der Waals surface area contributed by atoms with Crippen molar-refractivity contribution in [3.8, 4) is 0 Å². The van der Waals surface area contributed by atoms with Gasteiger partial charge in [0.2, 0.25) is 0 Å². The minimum Gasteiger partial charge on any atom is -0.392 e. The average molecular weight is 195 g/mol. The Hall–Kier alpha value is -0.900. The highest BCUT2D eigenvalue weighted by Gasteiger charge is 2.30. The van der Waals surface area contributed by atoms with Crippen LogP contribution < -0.4 is 0 Å². The fourth-order valence-electron chi connectivity index (χ4n) is 2.19. The summed E-state index contributed by atoms with van der Waals surface area (Å²) in [4.78, 5) is 4.26. The van der Waals surface area contributed by atoms with Crippen molar-refractivity contribution in [3.05, 3.63) is 12.2 Å². The molecule has 0 spiro atoms. The van der Waals surface area contributed by atoms with Crippen LogP contribution in [-0.4, -0.2) is 26.0 Å². The summed E-state index contributed by atoms with van der Waals surface area (Å²) in [6.45, 7) is 3.02. The molecule has 0 radical (unpaired) electrons. The van der Waals surface area contributed by atoms with Gasteiger partial charge in [0.05, 0.1) is 6.10 Å². The zero-order valence-corrected chi connectivity index (χ0v) is 8.56. The standard InChI is InChI=1S/C10H17N3O/c1-2-6-13-10(11-7-12-13)8-4-3-5-9(8)14/h7-9,14H,2-6H2,1H3. The van der Waals surface area contributed by atoms with E-state index in [9.17, 15) is 5.11 Å². The van der Waals surface area contributed by atoms with Crippen molar-refractivity contribution in [3.63, 3.8) is 0 Å². The maximum Gasteiger partial charge on any atom is 0.138 e. The summed E-state index contributed by atoms with van der Waals surface area (Å²) in [5, 5.41) is 14.0. The number of hydrogen-bond acceptors (Lipinski definition) is 3. The molecule has 0 aliphatic heterocycles. The fourth-order valence-corrected chi connectivity index (χ4v) is 2.19. The lowest BCUT2D eigenvalue weighted by Gasteiger charge is -2.14. The second-order valence-electron chi connectivity index (χ2n) is 3.95. The van der Waals surface area contributed by atoms with Gasteiger partial charge >= 0.3 is 0 Å². The van der Waals surface area contributed by atoms with Crippen LogP contribution in [0.15, 0.2) is 6.33 Å². The molecule has 2 rings (SSSR count). The molecule has 1 aromatic rings. The minimum atomic E-state index is -0.213. The van der Waals surface area contributed by atoms with Crippen LogP contribution in [0.1, 0.15) is 44.3 Å². The molecule has 1 fully saturated rings. The SMILES string of the molecule is CCCn1ncnc1C1CCCC1O. The fraction of sp³-hybridized carbons (Fsp3) is 0.800. The molecule has 78 valence electrons. The van der Waals surface area contributed by atoms with Crippen LogP contribution >= 0.6 is 0 Å². The van der Waals surface area contributed by atoms with Gasteiger partial charge in [-0.05, 0) is 19.3 Å². The van der Waals surface area contributed by atoms with Crippen molar-refractivity contribution < 1.29 is 5.11 Å². The van der Waals surface area contributed by atoms with Gasteiger partial charge in [0.15, 0.2) is 0 Å². The normalized spacial score (nSPS) is 27.0. The van der Waals surface area contributed by atoms with Gasteiger partial charge in [-0.2, -0.15) is 5.10 Å². The van der Waals surface area contributed by atoms with Crippen LogP contribution in [0, 0.1) is 0 Å². The van der Waals surface area contributed by atoms with E-state index in [1.54, 1.807) is 6.33 Å². The van der Waals surface area contributed by atoms with Crippen molar-refractivity contribution in [1.82, 2.24) is 14.8 Å². The van der Waals surface area contributed by atoms with Gasteiger partial charge < -0.3 is 5.11 Å². The van der Waals surface area contributed by atoms with E-state index in [0.29, 0.717) is 0 Å². The smallest absolute Gasteiger partial charge is 0.138 e. The molecule has 4 heteroatoms. The van der Waals surface area contributed by atoms with E-state index in [1.807, 2.05) is 4.68 Å². The molecular weight excluding hydrogens is 178 g/mol. The number of hydrogen-bond donors (Lipinski definition) is 1. The average Bonchev–Trinajstić information content (AvgIpc) is 2.74. The van der Waals surface area contributed by atoms with Gasteiger partial charge in [-0.25, -0.2) is 9.67 Å². The van der Waals surface area contributed by atoms with Gasteiger partial charge in [-0.1, -0.05) is 13.3 Å². The lowest BCUT2D eigenvalue weighted by molar-refractivity contribution is 0.158. The molecule has 0 saturated heterocycles. The second-order valence-corrected chi connectivity index (χ2v) is 3.95.